The molecule has 2 heterocycles. The molecule has 1 amide bonds. The Morgan fingerprint density at radius 2 is 2.17 bits per heavy atom. The van der Waals surface area contributed by atoms with E-state index in [0.717, 1.165) is 26.9 Å². The van der Waals surface area contributed by atoms with Crippen LogP contribution in [0.5, 0.6) is 0 Å². The van der Waals surface area contributed by atoms with Gasteiger partial charge in [0.25, 0.3) is 0 Å². The number of halogens is 1. The van der Waals surface area contributed by atoms with Gasteiger partial charge >= 0.3 is 0 Å². The number of amides is 1. The van der Waals surface area contributed by atoms with Crippen LogP contribution >= 0.6 is 11.3 Å². The Balaban J connectivity index is 1.59. The third kappa shape index (κ3) is 3.74. The Kier molecular flexibility index (Phi) is 4.81. The maximum Gasteiger partial charge on any atom is 0.244 e. The molecule has 0 saturated heterocycles. The van der Waals surface area contributed by atoms with E-state index in [9.17, 15) is 9.18 Å². The molecule has 0 radical (unpaired) electrons. The lowest BCUT2D eigenvalue weighted by Gasteiger charge is -2.03. The summed E-state index contributed by atoms with van der Waals surface area (Å²) >= 11 is 1.67. The SMILES string of the molecule is CC(=CC(=O)NCCc1c[nH]c2ccc(F)cc12)c1ccc(C)s1. The van der Waals surface area contributed by atoms with Crippen LogP contribution < -0.4 is 5.32 Å². The molecule has 0 fully saturated rings. The average Bonchev–Trinajstić information content (AvgIpc) is 3.14. The van der Waals surface area contributed by atoms with Crippen LogP contribution in [0.25, 0.3) is 16.5 Å². The second-order valence-electron chi connectivity index (χ2n) is 5.78. The number of H-pyrrole nitrogens is 1. The zero-order valence-electron chi connectivity index (χ0n) is 13.7. The molecular weight excluding hydrogens is 323 g/mol. The minimum absolute atomic E-state index is 0.107. The van der Waals surface area contributed by atoms with Gasteiger partial charge in [-0.05, 0) is 61.7 Å². The maximum absolute atomic E-state index is 13.4. The lowest BCUT2D eigenvalue weighted by molar-refractivity contribution is -0.116. The lowest BCUT2D eigenvalue weighted by Crippen LogP contribution is -2.23. The molecule has 0 spiro atoms. The van der Waals surface area contributed by atoms with Gasteiger partial charge in [-0.2, -0.15) is 0 Å². The molecule has 0 aliphatic carbocycles. The van der Waals surface area contributed by atoms with Crippen LogP contribution in [0.3, 0.4) is 0 Å². The van der Waals surface area contributed by atoms with Crippen molar-refractivity contribution >= 4 is 33.7 Å². The van der Waals surface area contributed by atoms with Gasteiger partial charge in [-0.25, -0.2) is 4.39 Å². The summed E-state index contributed by atoms with van der Waals surface area (Å²) in [6, 6.07) is 8.75. The first-order valence-electron chi connectivity index (χ1n) is 7.81. The summed E-state index contributed by atoms with van der Waals surface area (Å²) in [4.78, 5) is 17.5. The van der Waals surface area contributed by atoms with Crippen molar-refractivity contribution in [2.45, 2.75) is 20.3 Å². The fraction of sp³-hybridized carbons (Fsp3) is 0.211. The predicted octanol–water partition coefficient (Wildman–Crippen LogP) is 4.44. The molecule has 0 bridgehead atoms. The summed E-state index contributed by atoms with van der Waals surface area (Å²) in [5.41, 5.74) is 2.86. The Morgan fingerprint density at radius 1 is 1.33 bits per heavy atom. The third-order valence-electron chi connectivity index (χ3n) is 3.90. The third-order valence-corrected chi connectivity index (χ3v) is 5.04. The predicted molar refractivity (Wildman–Crippen MR) is 97.7 cm³/mol. The van der Waals surface area contributed by atoms with Crippen molar-refractivity contribution in [1.82, 2.24) is 10.3 Å². The summed E-state index contributed by atoms with van der Waals surface area (Å²) in [5.74, 6) is -0.359. The Morgan fingerprint density at radius 3 is 2.92 bits per heavy atom. The Labute approximate surface area is 144 Å². The van der Waals surface area contributed by atoms with Crippen LogP contribution in [0.1, 0.15) is 22.2 Å². The fourth-order valence-electron chi connectivity index (χ4n) is 2.64. The van der Waals surface area contributed by atoms with Gasteiger partial charge in [0.1, 0.15) is 5.82 Å². The van der Waals surface area contributed by atoms with Crippen LogP contribution in [-0.4, -0.2) is 17.4 Å². The highest BCUT2D eigenvalue weighted by Gasteiger charge is 2.06. The zero-order valence-corrected chi connectivity index (χ0v) is 14.5. The second-order valence-corrected chi connectivity index (χ2v) is 7.07. The van der Waals surface area contributed by atoms with E-state index in [1.165, 1.54) is 17.0 Å². The lowest BCUT2D eigenvalue weighted by atomic mass is 10.1. The van der Waals surface area contributed by atoms with E-state index in [-0.39, 0.29) is 11.7 Å². The second kappa shape index (κ2) is 7.01. The van der Waals surface area contributed by atoms with Gasteiger partial charge in [-0.3, -0.25) is 4.79 Å². The molecule has 3 rings (SSSR count). The number of hydrogen-bond donors (Lipinski definition) is 2. The molecule has 0 aliphatic rings. The summed E-state index contributed by atoms with van der Waals surface area (Å²) in [7, 11) is 0. The molecule has 1 aromatic carbocycles. The van der Waals surface area contributed by atoms with Crippen molar-refractivity contribution < 1.29 is 9.18 Å². The van der Waals surface area contributed by atoms with Crippen molar-refractivity contribution in [3.63, 3.8) is 0 Å². The first kappa shape index (κ1) is 16.5. The molecule has 3 aromatic rings. The number of hydrogen-bond acceptors (Lipinski definition) is 2. The first-order chi connectivity index (χ1) is 11.5. The molecule has 0 unspecified atom stereocenters. The standard InChI is InChI=1S/C19H19FN2OS/c1-12(18-6-3-13(2)24-18)9-19(23)21-8-7-14-11-22-17-5-4-15(20)10-16(14)17/h3-6,9-11,22H,7-8H2,1-2H3,(H,21,23). The van der Waals surface area contributed by atoms with E-state index in [1.807, 2.05) is 32.2 Å². The summed E-state index contributed by atoms with van der Waals surface area (Å²) in [5, 5.41) is 3.76. The number of benzene rings is 1. The minimum atomic E-state index is -0.253. The Hall–Kier alpha value is -2.40. The number of thiophene rings is 1. The molecular formula is C19H19FN2OS. The van der Waals surface area contributed by atoms with E-state index in [2.05, 4.69) is 10.3 Å². The van der Waals surface area contributed by atoms with Gasteiger partial charge in [0, 0.05) is 39.5 Å². The van der Waals surface area contributed by atoms with Crippen molar-refractivity contribution in [3.05, 3.63) is 63.7 Å². The molecule has 2 N–H and O–H groups in total. The fourth-order valence-corrected chi connectivity index (χ4v) is 3.48. The van der Waals surface area contributed by atoms with Gasteiger partial charge < -0.3 is 10.3 Å². The average molecular weight is 342 g/mol. The number of aromatic amines is 1. The highest BCUT2D eigenvalue weighted by Crippen LogP contribution is 2.23. The molecule has 0 aliphatic heterocycles. The largest absolute Gasteiger partial charge is 0.361 e. The number of aryl methyl sites for hydroxylation is 1. The molecule has 124 valence electrons. The van der Waals surface area contributed by atoms with Crippen LogP contribution in [0, 0.1) is 12.7 Å². The molecule has 5 heteroatoms. The highest BCUT2D eigenvalue weighted by molar-refractivity contribution is 7.13. The maximum atomic E-state index is 13.4. The van der Waals surface area contributed by atoms with E-state index >= 15 is 0 Å². The summed E-state index contributed by atoms with van der Waals surface area (Å²) < 4.78 is 13.4. The number of fused-ring (bicyclic) bond motifs is 1. The van der Waals surface area contributed by atoms with Crippen molar-refractivity contribution in [1.29, 1.82) is 0 Å². The van der Waals surface area contributed by atoms with E-state index in [0.29, 0.717) is 13.0 Å². The van der Waals surface area contributed by atoms with Gasteiger partial charge in [0.2, 0.25) is 5.91 Å². The quantitative estimate of drug-likeness (QED) is 0.662. The van der Waals surface area contributed by atoms with Gasteiger partial charge in [0.05, 0.1) is 0 Å². The van der Waals surface area contributed by atoms with Gasteiger partial charge in [-0.15, -0.1) is 11.3 Å². The number of aromatic nitrogens is 1. The van der Waals surface area contributed by atoms with Crippen LogP contribution in [-0.2, 0) is 11.2 Å². The smallest absolute Gasteiger partial charge is 0.244 e. The molecule has 0 saturated carbocycles. The van der Waals surface area contributed by atoms with Crippen LogP contribution in [0.2, 0.25) is 0 Å². The van der Waals surface area contributed by atoms with Crippen molar-refractivity contribution in [2.75, 3.05) is 6.54 Å². The summed E-state index contributed by atoms with van der Waals surface area (Å²) in [6.07, 6.45) is 4.14. The number of allylic oxidation sites excluding steroid dienone is 1. The van der Waals surface area contributed by atoms with Gasteiger partial charge in [-0.1, -0.05) is 0 Å². The number of carbonyl (C=O) groups excluding carboxylic acids is 1. The van der Waals surface area contributed by atoms with Gasteiger partial charge in [0.15, 0.2) is 0 Å². The van der Waals surface area contributed by atoms with Crippen LogP contribution in [0.15, 0.2) is 42.6 Å². The zero-order chi connectivity index (χ0) is 17.1. The van der Waals surface area contributed by atoms with E-state index < -0.39 is 0 Å². The Bertz CT molecular complexity index is 907. The molecule has 0 atom stereocenters. The van der Waals surface area contributed by atoms with E-state index in [1.54, 1.807) is 23.5 Å². The minimum Gasteiger partial charge on any atom is -0.361 e. The molecule has 2 aromatic heterocycles. The molecule has 24 heavy (non-hydrogen) atoms. The summed E-state index contributed by atoms with van der Waals surface area (Å²) in [6.45, 7) is 4.49. The number of carbonyl (C=O) groups is 1. The molecule has 3 nitrogen and oxygen atoms in total. The first-order valence-corrected chi connectivity index (χ1v) is 8.63. The van der Waals surface area contributed by atoms with Crippen LogP contribution in [0.4, 0.5) is 4.39 Å². The number of nitrogens with one attached hydrogen (secondary N) is 2. The van der Waals surface area contributed by atoms with E-state index in [4.69, 9.17) is 0 Å². The van der Waals surface area contributed by atoms with Crippen molar-refractivity contribution in [2.24, 2.45) is 0 Å². The highest BCUT2D eigenvalue weighted by atomic mass is 32.1. The number of rotatable bonds is 5. The normalized spacial score (nSPS) is 11.9. The van der Waals surface area contributed by atoms with Crippen molar-refractivity contribution in [3.8, 4) is 0 Å². The monoisotopic (exact) mass is 342 g/mol. The topological polar surface area (TPSA) is 44.9 Å².